The first-order chi connectivity index (χ1) is 9.91. The van der Waals surface area contributed by atoms with Crippen LogP contribution in [0.4, 0.5) is 0 Å². The zero-order valence-electron chi connectivity index (χ0n) is 12.6. The summed E-state index contributed by atoms with van der Waals surface area (Å²) in [7, 11) is 2.80. The van der Waals surface area contributed by atoms with Crippen molar-refractivity contribution < 1.29 is 23.8 Å². The number of esters is 1. The monoisotopic (exact) mass is 292 g/mol. The molecule has 5 nitrogen and oxygen atoms in total. The van der Waals surface area contributed by atoms with Crippen molar-refractivity contribution in [3.8, 4) is 0 Å². The van der Waals surface area contributed by atoms with Crippen LogP contribution in [0, 0.1) is 11.3 Å². The molecule has 1 spiro atoms. The van der Waals surface area contributed by atoms with Gasteiger partial charge in [0.2, 0.25) is 5.78 Å². The molecule has 3 aliphatic carbocycles. The Morgan fingerprint density at radius 3 is 2.71 bits per heavy atom. The quantitative estimate of drug-likeness (QED) is 0.445. The molecular weight excluding hydrogens is 272 g/mol. The third-order valence-corrected chi connectivity index (χ3v) is 5.35. The molecular formula is C16H20O5. The van der Waals surface area contributed by atoms with Crippen LogP contribution in [-0.2, 0) is 23.8 Å². The van der Waals surface area contributed by atoms with E-state index in [1.165, 1.54) is 14.2 Å². The van der Waals surface area contributed by atoms with E-state index in [0.29, 0.717) is 19.4 Å². The number of hydrogen-bond acceptors (Lipinski definition) is 5. The highest BCUT2D eigenvalue weighted by Gasteiger charge is 2.77. The number of methoxy groups -OCH3 is 2. The van der Waals surface area contributed by atoms with E-state index in [0.717, 1.165) is 5.57 Å². The van der Waals surface area contributed by atoms with Gasteiger partial charge in [0, 0.05) is 13.0 Å². The number of ether oxygens (including phenoxy) is 3. The first-order valence-electron chi connectivity index (χ1n) is 7.07. The summed E-state index contributed by atoms with van der Waals surface area (Å²) >= 11 is 0. The van der Waals surface area contributed by atoms with Gasteiger partial charge in [0.05, 0.1) is 13.7 Å². The Bertz CT molecular complexity index is 559. The lowest BCUT2D eigenvalue weighted by Crippen LogP contribution is -2.70. The van der Waals surface area contributed by atoms with Crippen LogP contribution in [0.5, 0.6) is 0 Å². The molecule has 1 heterocycles. The molecule has 0 radical (unpaired) electrons. The highest BCUT2D eigenvalue weighted by atomic mass is 16.6. The number of allylic oxidation sites excluding steroid dienone is 1. The minimum Gasteiger partial charge on any atom is -0.468 e. The van der Waals surface area contributed by atoms with E-state index in [-0.39, 0.29) is 11.7 Å². The summed E-state index contributed by atoms with van der Waals surface area (Å²) in [5, 5.41) is 0. The van der Waals surface area contributed by atoms with E-state index in [1.807, 2.05) is 0 Å². The summed E-state index contributed by atoms with van der Waals surface area (Å²) in [5.74, 6) is -0.689. The first kappa shape index (κ1) is 14.5. The molecule has 5 heteroatoms. The van der Waals surface area contributed by atoms with E-state index in [1.54, 1.807) is 19.1 Å². The van der Waals surface area contributed by atoms with Crippen LogP contribution >= 0.6 is 0 Å². The number of Topliss-reactive ketones (excluding diaryl/α,β-unsaturated/α-hetero) is 1. The fourth-order valence-corrected chi connectivity index (χ4v) is 4.08. The van der Waals surface area contributed by atoms with E-state index in [2.05, 4.69) is 6.58 Å². The van der Waals surface area contributed by atoms with Gasteiger partial charge in [0.25, 0.3) is 0 Å². The lowest BCUT2D eigenvalue weighted by atomic mass is 9.50. The molecule has 4 atom stereocenters. The van der Waals surface area contributed by atoms with Crippen LogP contribution in [0.25, 0.3) is 0 Å². The fraction of sp³-hybridized carbons (Fsp3) is 0.625. The van der Waals surface area contributed by atoms with Gasteiger partial charge < -0.3 is 14.2 Å². The Morgan fingerprint density at radius 2 is 2.24 bits per heavy atom. The molecule has 0 aromatic heterocycles. The van der Waals surface area contributed by atoms with Gasteiger partial charge in [-0.15, -0.1) is 6.58 Å². The van der Waals surface area contributed by atoms with Gasteiger partial charge >= 0.3 is 5.97 Å². The average Bonchev–Trinajstić information content (AvgIpc) is 3.27. The standard InChI is InChI=1S/C16H20O5/c1-5-6-10-7-16(20-4)12(17)15(9-21-15)11(10)8-14(16,2)13(18)19-3/h5,7,11H,1,6,8-9H2,2-4H3/t11-,14+,15-,16-/m0/s1. The molecule has 2 fully saturated rings. The molecule has 4 aliphatic rings. The van der Waals surface area contributed by atoms with Gasteiger partial charge in [-0.25, -0.2) is 0 Å². The van der Waals surface area contributed by atoms with Crippen LogP contribution in [0.15, 0.2) is 24.3 Å². The van der Waals surface area contributed by atoms with Gasteiger partial charge in [-0.2, -0.15) is 0 Å². The van der Waals surface area contributed by atoms with Crippen molar-refractivity contribution in [1.82, 2.24) is 0 Å². The summed E-state index contributed by atoms with van der Waals surface area (Å²) in [5.41, 5.74) is -2.09. The van der Waals surface area contributed by atoms with Crippen LogP contribution in [0.1, 0.15) is 19.8 Å². The van der Waals surface area contributed by atoms with E-state index in [4.69, 9.17) is 14.2 Å². The van der Waals surface area contributed by atoms with Crippen molar-refractivity contribution in [3.63, 3.8) is 0 Å². The van der Waals surface area contributed by atoms with Crippen LogP contribution in [0.2, 0.25) is 0 Å². The molecule has 1 saturated carbocycles. The normalized spacial score (nSPS) is 43.7. The molecule has 1 saturated heterocycles. The van der Waals surface area contributed by atoms with Gasteiger partial charge in [0.1, 0.15) is 5.41 Å². The maximum absolute atomic E-state index is 13.0. The smallest absolute Gasteiger partial charge is 0.315 e. The molecule has 114 valence electrons. The molecule has 0 amide bonds. The number of ketones is 1. The number of fused-ring (bicyclic) bond motifs is 1. The first-order valence-corrected chi connectivity index (χ1v) is 7.07. The van der Waals surface area contributed by atoms with Crippen molar-refractivity contribution in [2.75, 3.05) is 20.8 Å². The van der Waals surface area contributed by atoms with E-state index < -0.39 is 22.6 Å². The fourth-order valence-electron chi connectivity index (χ4n) is 4.08. The molecule has 0 aromatic rings. The van der Waals surface area contributed by atoms with Gasteiger partial charge in [-0.3, -0.25) is 9.59 Å². The molecule has 4 rings (SSSR count). The number of hydrogen-bond donors (Lipinski definition) is 0. The second-order valence-electron chi connectivity index (χ2n) is 6.24. The summed E-state index contributed by atoms with van der Waals surface area (Å²) in [6.07, 6.45) is 4.74. The largest absolute Gasteiger partial charge is 0.468 e. The topological polar surface area (TPSA) is 65.1 Å². The number of carbonyl (C=O) groups is 2. The minimum atomic E-state index is -1.32. The second kappa shape index (κ2) is 4.27. The van der Waals surface area contributed by atoms with Gasteiger partial charge in [-0.1, -0.05) is 11.6 Å². The number of carbonyl (C=O) groups excluding carboxylic acids is 2. The Morgan fingerprint density at radius 1 is 1.57 bits per heavy atom. The van der Waals surface area contributed by atoms with Crippen molar-refractivity contribution in [2.24, 2.45) is 11.3 Å². The number of epoxide rings is 1. The van der Waals surface area contributed by atoms with Gasteiger partial charge in [-0.05, 0) is 25.8 Å². The Labute approximate surface area is 123 Å². The molecule has 1 aliphatic heterocycles. The maximum atomic E-state index is 13.0. The predicted octanol–water partition coefficient (Wildman–Crippen LogP) is 1.42. The zero-order valence-corrected chi connectivity index (χ0v) is 12.6. The third-order valence-electron chi connectivity index (χ3n) is 5.35. The average molecular weight is 292 g/mol. The second-order valence-corrected chi connectivity index (χ2v) is 6.24. The Hall–Kier alpha value is -1.46. The number of rotatable bonds is 4. The summed E-state index contributed by atoms with van der Waals surface area (Å²) in [4.78, 5) is 25.3. The summed E-state index contributed by atoms with van der Waals surface area (Å²) < 4.78 is 16.1. The zero-order chi connectivity index (χ0) is 15.5. The maximum Gasteiger partial charge on any atom is 0.315 e. The van der Waals surface area contributed by atoms with Crippen molar-refractivity contribution in [2.45, 2.75) is 31.0 Å². The van der Waals surface area contributed by atoms with Crippen LogP contribution in [-0.4, -0.2) is 43.8 Å². The highest BCUT2D eigenvalue weighted by molar-refractivity contribution is 6.06. The van der Waals surface area contributed by atoms with Crippen molar-refractivity contribution >= 4 is 11.8 Å². The highest BCUT2D eigenvalue weighted by Crippen LogP contribution is 2.62. The van der Waals surface area contributed by atoms with Gasteiger partial charge in [0.15, 0.2) is 11.2 Å². The molecule has 0 aromatic carbocycles. The Kier molecular flexibility index (Phi) is 2.94. The molecule has 2 bridgehead atoms. The Balaban J connectivity index is 2.19. The lowest BCUT2D eigenvalue weighted by Gasteiger charge is -2.55. The van der Waals surface area contributed by atoms with E-state index in [9.17, 15) is 9.59 Å². The molecule has 0 N–H and O–H groups in total. The van der Waals surface area contributed by atoms with Crippen LogP contribution in [0.3, 0.4) is 0 Å². The van der Waals surface area contributed by atoms with Crippen molar-refractivity contribution in [1.29, 1.82) is 0 Å². The third kappa shape index (κ3) is 1.48. The van der Waals surface area contributed by atoms with Crippen LogP contribution < -0.4 is 0 Å². The lowest BCUT2D eigenvalue weighted by molar-refractivity contribution is -0.191. The van der Waals surface area contributed by atoms with Crippen molar-refractivity contribution in [3.05, 3.63) is 24.3 Å². The SMILES string of the molecule is C=CCC1=C[C@]2(OC)C(=O)[C@]3(CO3)[C@H]1C[C@]2(C)C(=O)OC. The molecule has 0 unspecified atom stereocenters. The predicted molar refractivity (Wildman–Crippen MR) is 74.6 cm³/mol. The summed E-state index contributed by atoms with van der Waals surface area (Å²) in [6.45, 7) is 5.90. The summed E-state index contributed by atoms with van der Waals surface area (Å²) in [6, 6.07) is 0. The molecule has 21 heavy (non-hydrogen) atoms. The minimum absolute atomic E-state index is 0.107. The van der Waals surface area contributed by atoms with E-state index >= 15 is 0 Å².